The molecule has 0 N–H and O–H groups in total. The van der Waals surface area contributed by atoms with Crippen molar-refractivity contribution in [3.05, 3.63) is 0 Å². The second kappa shape index (κ2) is 4.85. The van der Waals surface area contributed by atoms with E-state index >= 15 is 0 Å². The van der Waals surface area contributed by atoms with Crippen molar-refractivity contribution < 1.29 is 14.3 Å². The van der Waals surface area contributed by atoms with Crippen LogP contribution in [0.4, 0.5) is 0 Å². The van der Waals surface area contributed by atoms with Gasteiger partial charge in [0.1, 0.15) is 11.6 Å². The number of amides is 1. The number of hydrogen-bond acceptors (Lipinski definition) is 3. The van der Waals surface area contributed by atoms with Gasteiger partial charge in [0.15, 0.2) is 0 Å². The molecule has 1 aliphatic heterocycles. The lowest BCUT2D eigenvalue weighted by Gasteiger charge is -2.27. The van der Waals surface area contributed by atoms with Crippen molar-refractivity contribution in [1.29, 1.82) is 0 Å². The standard InChI is InChI=1S/C12H21NO3/c1-5-10(14)13-8-6-7-9(13)11(15)16-12(2,3)4/h9H,5-8H2,1-4H3. The van der Waals surface area contributed by atoms with Gasteiger partial charge in [-0.2, -0.15) is 0 Å². The van der Waals surface area contributed by atoms with Crippen LogP contribution in [0.1, 0.15) is 47.0 Å². The first-order valence-corrected chi connectivity index (χ1v) is 5.87. The molecule has 0 saturated carbocycles. The normalized spacial score (nSPS) is 21.0. The minimum absolute atomic E-state index is 0.0355. The molecule has 0 bridgehead atoms. The van der Waals surface area contributed by atoms with Gasteiger partial charge in [0.25, 0.3) is 0 Å². The van der Waals surface area contributed by atoms with Crippen LogP contribution in [0, 0.1) is 0 Å². The molecule has 1 atom stereocenters. The SMILES string of the molecule is CCC(=O)N1CCCC1C(=O)OC(C)(C)C. The molecule has 0 aromatic rings. The monoisotopic (exact) mass is 227 g/mol. The number of rotatable bonds is 2. The fourth-order valence-electron chi connectivity index (χ4n) is 1.88. The number of nitrogens with zero attached hydrogens (tertiary/aromatic N) is 1. The summed E-state index contributed by atoms with van der Waals surface area (Å²) >= 11 is 0. The highest BCUT2D eigenvalue weighted by Crippen LogP contribution is 2.21. The van der Waals surface area contributed by atoms with E-state index in [9.17, 15) is 9.59 Å². The summed E-state index contributed by atoms with van der Waals surface area (Å²) in [7, 11) is 0. The molecule has 1 heterocycles. The fourth-order valence-corrected chi connectivity index (χ4v) is 1.88. The van der Waals surface area contributed by atoms with Crippen LogP contribution in [0.15, 0.2) is 0 Å². The highest BCUT2D eigenvalue weighted by molar-refractivity contribution is 5.85. The molecular weight excluding hydrogens is 206 g/mol. The first-order valence-electron chi connectivity index (χ1n) is 5.87. The Morgan fingerprint density at radius 2 is 2.00 bits per heavy atom. The molecule has 1 fully saturated rings. The fraction of sp³-hybridized carbons (Fsp3) is 0.833. The van der Waals surface area contributed by atoms with Crippen LogP contribution in [0.5, 0.6) is 0 Å². The summed E-state index contributed by atoms with van der Waals surface area (Å²) < 4.78 is 5.31. The van der Waals surface area contributed by atoms with Crippen molar-refractivity contribution in [2.24, 2.45) is 0 Å². The van der Waals surface area contributed by atoms with Gasteiger partial charge in [-0.25, -0.2) is 4.79 Å². The molecule has 16 heavy (non-hydrogen) atoms. The molecule has 0 aliphatic carbocycles. The van der Waals surface area contributed by atoms with E-state index in [1.807, 2.05) is 27.7 Å². The minimum atomic E-state index is -0.486. The van der Waals surface area contributed by atoms with Crippen molar-refractivity contribution in [1.82, 2.24) is 4.90 Å². The molecule has 0 aromatic heterocycles. The lowest BCUT2D eigenvalue weighted by atomic mass is 10.1. The average molecular weight is 227 g/mol. The molecule has 92 valence electrons. The number of ether oxygens (including phenoxy) is 1. The Hall–Kier alpha value is -1.06. The zero-order chi connectivity index (χ0) is 12.3. The van der Waals surface area contributed by atoms with Crippen LogP contribution in [0.2, 0.25) is 0 Å². The maximum Gasteiger partial charge on any atom is 0.329 e. The molecule has 4 heteroatoms. The van der Waals surface area contributed by atoms with E-state index in [-0.39, 0.29) is 17.9 Å². The van der Waals surface area contributed by atoms with Gasteiger partial charge < -0.3 is 9.64 Å². The van der Waals surface area contributed by atoms with E-state index in [0.29, 0.717) is 13.0 Å². The lowest BCUT2D eigenvalue weighted by molar-refractivity contribution is -0.163. The van der Waals surface area contributed by atoms with Crippen LogP contribution in [0.25, 0.3) is 0 Å². The quantitative estimate of drug-likeness (QED) is 0.675. The zero-order valence-corrected chi connectivity index (χ0v) is 10.6. The Kier molecular flexibility index (Phi) is 3.94. The summed E-state index contributed by atoms with van der Waals surface area (Å²) in [5, 5.41) is 0. The van der Waals surface area contributed by atoms with Crippen LogP contribution >= 0.6 is 0 Å². The van der Waals surface area contributed by atoms with Gasteiger partial charge in [-0.1, -0.05) is 6.92 Å². The summed E-state index contributed by atoms with van der Waals surface area (Å²) in [6.07, 6.45) is 2.05. The largest absolute Gasteiger partial charge is 0.458 e. The Morgan fingerprint density at radius 3 is 2.50 bits per heavy atom. The van der Waals surface area contributed by atoms with Crippen molar-refractivity contribution in [3.63, 3.8) is 0 Å². The summed E-state index contributed by atoms with van der Waals surface area (Å²) in [5.74, 6) is -0.236. The Bertz CT molecular complexity index is 280. The number of carbonyl (C=O) groups excluding carboxylic acids is 2. The van der Waals surface area contributed by atoms with Gasteiger partial charge in [0.05, 0.1) is 0 Å². The molecule has 0 spiro atoms. The van der Waals surface area contributed by atoms with Crippen LogP contribution in [-0.2, 0) is 14.3 Å². The Labute approximate surface area is 96.9 Å². The minimum Gasteiger partial charge on any atom is -0.458 e. The van der Waals surface area contributed by atoms with E-state index in [1.165, 1.54) is 0 Å². The van der Waals surface area contributed by atoms with E-state index in [4.69, 9.17) is 4.74 Å². The van der Waals surface area contributed by atoms with Gasteiger partial charge in [-0.15, -0.1) is 0 Å². The first kappa shape index (κ1) is 13.0. The number of likely N-dealkylation sites (tertiary alicyclic amines) is 1. The molecule has 1 amide bonds. The first-order chi connectivity index (χ1) is 7.35. The van der Waals surface area contributed by atoms with Gasteiger partial charge >= 0.3 is 5.97 Å². The van der Waals surface area contributed by atoms with Gasteiger partial charge in [0, 0.05) is 13.0 Å². The molecule has 0 aromatic carbocycles. The van der Waals surface area contributed by atoms with Crippen molar-refractivity contribution in [2.45, 2.75) is 58.6 Å². The van der Waals surface area contributed by atoms with E-state index in [2.05, 4.69) is 0 Å². The average Bonchev–Trinajstić information content (AvgIpc) is 2.62. The second-order valence-corrected chi connectivity index (χ2v) is 5.13. The Balaban J connectivity index is 2.65. The van der Waals surface area contributed by atoms with E-state index in [1.54, 1.807) is 4.90 Å². The van der Waals surface area contributed by atoms with Crippen LogP contribution < -0.4 is 0 Å². The zero-order valence-electron chi connectivity index (χ0n) is 10.6. The summed E-state index contributed by atoms with van der Waals surface area (Å²) in [6, 6.07) is -0.369. The third kappa shape index (κ3) is 3.22. The van der Waals surface area contributed by atoms with Gasteiger partial charge in [-0.05, 0) is 33.6 Å². The molecule has 0 radical (unpaired) electrons. The van der Waals surface area contributed by atoms with E-state index in [0.717, 1.165) is 12.8 Å². The second-order valence-electron chi connectivity index (χ2n) is 5.13. The lowest BCUT2D eigenvalue weighted by Crippen LogP contribution is -2.43. The smallest absolute Gasteiger partial charge is 0.329 e. The molecule has 1 aliphatic rings. The third-order valence-electron chi connectivity index (χ3n) is 2.55. The van der Waals surface area contributed by atoms with Crippen molar-refractivity contribution in [2.75, 3.05) is 6.54 Å². The number of carbonyl (C=O) groups is 2. The Morgan fingerprint density at radius 1 is 1.38 bits per heavy atom. The van der Waals surface area contributed by atoms with Gasteiger partial charge in [-0.3, -0.25) is 4.79 Å². The third-order valence-corrected chi connectivity index (χ3v) is 2.55. The topological polar surface area (TPSA) is 46.6 Å². The highest BCUT2D eigenvalue weighted by Gasteiger charge is 2.35. The molecule has 4 nitrogen and oxygen atoms in total. The molecular formula is C12H21NO3. The maximum atomic E-state index is 11.9. The molecule has 1 rings (SSSR count). The van der Waals surface area contributed by atoms with Crippen LogP contribution in [-0.4, -0.2) is 35.0 Å². The van der Waals surface area contributed by atoms with Crippen molar-refractivity contribution >= 4 is 11.9 Å². The van der Waals surface area contributed by atoms with Gasteiger partial charge in [0.2, 0.25) is 5.91 Å². The van der Waals surface area contributed by atoms with E-state index < -0.39 is 5.60 Å². The van der Waals surface area contributed by atoms with Crippen molar-refractivity contribution in [3.8, 4) is 0 Å². The summed E-state index contributed by atoms with van der Waals surface area (Å²) in [5.41, 5.74) is -0.486. The number of hydrogen-bond donors (Lipinski definition) is 0. The number of esters is 1. The summed E-state index contributed by atoms with van der Waals surface area (Å²) in [6.45, 7) is 8.01. The molecule has 1 unspecified atom stereocenters. The molecule has 1 saturated heterocycles. The predicted molar refractivity (Wildman–Crippen MR) is 60.9 cm³/mol. The highest BCUT2D eigenvalue weighted by atomic mass is 16.6. The maximum absolute atomic E-state index is 11.9. The summed E-state index contributed by atoms with van der Waals surface area (Å²) in [4.78, 5) is 25.1. The van der Waals surface area contributed by atoms with Crippen LogP contribution in [0.3, 0.4) is 0 Å². The predicted octanol–water partition coefficient (Wildman–Crippen LogP) is 1.73.